The van der Waals surface area contributed by atoms with Crippen LogP contribution in [0.25, 0.3) is 0 Å². The van der Waals surface area contributed by atoms with Crippen molar-refractivity contribution in [3.8, 4) is 17.2 Å². The van der Waals surface area contributed by atoms with Crippen LogP contribution in [0.5, 0.6) is 17.2 Å². The fraction of sp³-hybridized carbons (Fsp3) is 0.429. The molecule has 0 aromatic heterocycles. The molecule has 1 fully saturated rings. The van der Waals surface area contributed by atoms with Crippen molar-refractivity contribution < 1.29 is 33.6 Å². The zero-order valence-corrected chi connectivity index (χ0v) is 25.7. The molecule has 9 heteroatoms. The van der Waals surface area contributed by atoms with Crippen molar-refractivity contribution in [3.63, 3.8) is 0 Å². The van der Waals surface area contributed by atoms with E-state index in [0.717, 1.165) is 47.2 Å². The fourth-order valence-electron chi connectivity index (χ4n) is 6.34. The lowest BCUT2D eigenvalue weighted by atomic mass is 9.82. The van der Waals surface area contributed by atoms with Crippen molar-refractivity contribution in [1.29, 1.82) is 0 Å². The first-order chi connectivity index (χ1) is 21.4. The predicted molar refractivity (Wildman–Crippen MR) is 168 cm³/mol. The highest BCUT2D eigenvalue weighted by Gasteiger charge is 2.48. The second kappa shape index (κ2) is 14.6. The third-order valence-corrected chi connectivity index (χ3v) is 8.47. The quantitative estimate of drug-likeness (QED) is 0.248. The van der Waals surface area contributed by atoms with Gasteiger partial charge < -0.3 is 29.4 Å². The Hall–Kier alpha value is -4.08. The first-order valence-corrected chi connectivity index (χ1v) is 15.4. The number of carboxylic acids is 1. The van der Waals surface area contributed by atoms with Crippen molar-refractivity contribution >= 4 is 17.6 Å². The number of benzene rings is 3. The van der Waals surface area contributed by atoms with Gasteiger partial charge in [-0.15, -0.1) is 0 Å². The number of likely N-dealkylation sites (tertiary alicyclic amines) is 1. The highest BCUT2D eigenvalue weighted by Crippen LogP contribution is 2.47. The van der Waals surface area contributed by atoms with Crippen LogP contribution in [0.1, 0.15) is 54.5 Å². The highest BCUT2D eigenvalue weighted by atomic mass is 16.6. The standard InChI is InChI=1S/C35H42N2O7/c1-4-23-8-6-9-24(5-2)33(23)36-31(38)22-37-21-28(26-12-15-29-30(20-26)44-19-18-43-29)32(35(39)40)34(37)25-10-13-27(14-11-25)42-17-7-16-41-3/h6,8-15,20,28,32,34H,4-5,7,16-19,21-22H2,1-3H3,(H,36,38)(H,39,40)/t28-,32?,34+/m1/s1. The lowest BCUT2D eigenvalue weighted by molar-refractivity contribution is -0.143. The highest BCUT2D eigenvalue weighted by molar-refractivity contribution is 5.94. The minimum atomic E-state index is -0.915. The van der Waals surface area contributed by atoms with Gasteiger partial charge in [0.15, 0.2) is 11.5 Å². The molecular formula is C35H42N2O7. The molecule has 44 heavy (non-hydrogen) atoms. The average molecular weight is 603 g/mol. The van der Waals surface area contributed by atoms with Gasteiger partial charge in [0.05, 0.1) is 19.1 Å². The minimum Gasteiger partial charge on any atom is -0.494 e. The van der Waals surface area contributed by atoms with Gasteiger partial charge in [-0.1, -0.05) is 50.2 Å². The molecule has 3 aromatic rings. The molecule has 9 nitrogen and oxygen atoms in total. The summed E-state index contributed by atoms with van der Waals surface area (Å²) in [6.07, 6.45) is 2.36. The van der Waals surface area contributed by atoms with Gasteiger partial charge in [0.2, 0.25) is 5.91 Å². The maximum absolute atomic E-state index is 13.7. The first-order valence-electron chi connectivity index (χ1n) is 15.4. The summed E-state index contributed by atoms with van der Waals surface area (Å²) in [5.74, 6) is -0.291. The third kappa shape index (κ3) is 7.00. The maximum atomic E-state index is 13.7. The van der Waals surface area contributed by atoms with E-state index in [-0.39, 0.29) is 18.4 Å². The number of methoxy groups -OCH3 is 1. The molecule has 2 aliphatic rings. The van der Waals surface area contributed by atoms with Crippen molar-refractivity contribution in [3.05, 3.63) is 82.9 Å². The number of amides is 1. The van der Waals surface area contributed by atoms with Crippen LogP contribution >= 0.6 is 0 Å². The molecule has 1 saturated heterocycles. The molecule has 234 valence electrons. The Kier molecular flexibility index (Phi) is 10.4. The van der Waals surface area contributed by atoms with E-state index < -0.39 is 17.9 Å². The Bertz CT molecular complexity index is 1420. The van der Waals surface area contributed by atoms with Crippen LogP contribution in [-0.2, 0) is 27.2 Å². The zero-order chi connectivity index (χ0) is 31.1. The monoisotopic (exact) mass is 602 g/mol. The summed E-state index contributed by atoms with van der Waals surface area (Å²) in [5, 5.41) is 13.8. The van der Waals surface area contributed by atoms with Crippen LogP contribution in [-0.4, -0.2) is 68.5 Å². The van der Waals surface area contributed by atoms with Crippen LogP contribution in [0.15, 0.2) is 60.7 Å². The van der Waals surface area contributed by atoms with Gasteiger partial charge >= 0.3 is 5.97 Å². The summed E-state index contributed by atoms with van der Waals surface area (Å²) in [4.78, 5) is 28.6. The number of ether oxygens (including phenoxy) is 4. The van der Waals surface area contributed by atoms with Crippen molar-refractivity contribution in [2.75, 3.05) is 51.9 Å². The van der Waals surface area contributed by atoms with Crippen LogP contribution in [0.2, 0.25) is 0 Å². The number of fused-ring (bicyclic) bond motifs is 1. The van der Waals surface area contributed by atoms with E-state index in [4.69, 9.17) is 18.9 Å². The van der Waals surface area contributed by atoms with Crippen LogP contribution < -0.4 is 19.5 Å². The summed E-state index contributed by atoms with van der Waals surface area (Å²) < 4.78 is 22.5. The van der Waals surface area contributed by atoms with Gasteiger partial charge in [0, 0.05) is 44.3 Å². The zero-order valence-electron chi connectivity index (χ0n) is 25.7. The minimum absolute atomic E-state index is 0.0476. The predicted octanol–water partition coefficient (Wildman–Crippen LogP) is 5.48. The molecule has 0 bridgehead atoms. The van der Waals surface area contributed by atoms with E-state index in [2.05, 4.69) is 19.2 Å². The van der Waals surface area contributed by atoms with Crippen molar-refractivity contribution in [2.45, 2.75) is 45.1 Å². The number of aryl methyl sites for hydroxylation is 2. The molecule has 0 radical (unpaired) electrons. The Morgan fingerprint density at radius 3 is 2.27 bits per heavy atom. The third-order valence-electron chi connectivity index (χ3n) is 8.47. The molecule has 2 N–H and O–H groups in total. The summed E-state index contributed by atoms with van der Waals surface area (Å²) in [5.41, 5.74) is 4.67. The Balaban J connectivity index is 1.45. The summed E-state index contributed by atoms with van der Waals surface area (Å²) >= 11 is 0. The van der Waals surface area contributed by atoms with E-state index in [9.17, 15) is 14.7 Å². The van der Waals surface area contributed by atoms with Crippen LogP contribution in [0.3, 0.4) is 0 Å². The number of aliphatic carboxylic acids is 1. The number of nitrogens with one attached hydrogen (secondary N) is 1. The Morgan fingerprint density at radius 1 is 0.932 bits per heavy atom. The smallest absolute Gasteiger partial charge is 0.309 e. The van der Waals surface area contributed by atoms with Gasteiger partial charge in [-0.25, -0.2) is 0 Å². The van der Waals surface area contributed by atoms with E-state index in [0.29, 0.717) is 50.2 Å². The van der Waals surface area contributed by atoms with Gasteiger partial charge in [-0.2, -0.15) is 0 Å². The first kappa shape index (κ1) is 31.3. The van der Waals surface area contributed by atoms with Gasteiger partial charge in [-0.05, 0) is 59.4 Å². The lowest BCUT2D eigenvalue weighted by Gasteiger charge is -2.27. The molecule has 1 unspecified atom stereocenters. The maximum Gasteiger partial charge on any atom is 0.309 e. The Labute approximate surface area is 259 Å². The normalized spacial score (nSPS) is 19.5. The molecular weight excluding hydrogens is 560 g/mol. The number of rotatable bonds is 13. The number of hydrogen-bond donors (Lipinski definition) is 2. The van der Waals surface area contributed by atoms with E-state index >= 15 is 0 Å². The SMILES string of the molecule is CCc1cccc(CC)c1NC(=O)CN1C[C@H](c2ccc3c(c2)OCCO3)C(C(=O)O)[C@@H]1c1ccc(OCCCOC)cc1. The molecule has 5 rings (SSSR count). The topological polar surface area (TPSA) is 107 Å². The van der Waals surface area contributed by atoms with Gasteiger partial charge in [0.1, 0.15) is 19.0 Å². The second-order valence-corrected chi connectivity index (χ2v) is 11.2. The number of nitrogens with zero attached hydrogens (tertiary/aromatic N) is 1. The number of carboxylic acid groups (broad SMARTS) is 1. The number of carbonyl (C=O) groups excluding carboxylic acids is 1. The van der Waals surface area contributed by atoms with E-state index in [1.807, 2.05) is 65.6 Å². The number of hydrogen-bond acceptors (Lipinski definition) is 7. The fourth-order valence-corrected chi connectivity index (χ4v) is 6.34. The molecule has 3 atom stereocenters. The molecule has 3 aromatic carbocycles. The number of para-hydroxylation sites is 1. The largest absolute Gasteiger partial charge is 0.494 e. The molecule has 2 aliphatic heterocycles. The molecule has 1 amide bonds. The average Bonchev–Trinajstić information content (AvgIpc) is 3.42. The molecule has 0 spiro atoms. The summed E-state index contributed by atoms with van der Waals surface area (Å²) in [6, 6.07) is 18.7. The van der Waals surface area contributed by atoms with Gasteiger partial charge in [-0.3, -0.25) is 14.5 Å². The van der Waals surface area contributed by atoms with Crippen LogP contribution in [0.4, 0.5) is 5.69 Å². The molecule has 2 heterocycles. The van der Waals surface area contributed by atoms with Gasteiger partial charge in [0.25, 0.3) is 0 Å². The van der Waals surface area contributed by atoms with Crippen molar-refractivity contribution in [2.24, 2.45) is 5.92 Å². The Morgan fingerprint density at radius 2 is 1.61 bits per heavy atom. The second-order valence-electron chi connectivity index (χ2n) is 11.2. The summed E-state index contributed by atoms with van der Waals surface area (Å²) in [7, 11) is 1.66. The van der Waals surface area contributed by atoms with Crippen molar-refractivity contribution in [1.82, 2.24) is 4.90 Å². The summed E-state index contributed by atoms with van der Waals surface area (Å²) in [6.45, 7) is 6.63. The molecule has 0 aliphatic carbocycles. The number of anilines is 1. The number of carbonyl (C=O) groups is 2. The van der Waals surface area contributed by atoms with Crippen LogP contribution in [0, 0.1) is 5.92 Å². The molecule has 0 saturated carbocycles. The van der Waals surface area contributed by atoms with E-state index in [1.54, 1.807) is 7.11 Å². The van der Waals surface area contributed by atoms with E-state index in [1.165, 1.54) is 0 Å². The lowest BCUT2D eigenvalue weighted by Crippen LogP contribution is -2.35.